The van der Waals surface area contributed by atoms with Crippen LogP contribution in [0.5, 0.6) is 0 Å². The van der Waals surface area contributed by atoms with Crippen molar-refractivity contribution < 1.29 is 4.74 Å². The van der Waals surface area contributed by atoms with Crippen LogP contribution in [-0.4, -0.2) is 24.1 Å². The molecule has 3 atom stereocenters. The van der Waals surface area contributed by atoms with Crippen molar-refractivity contribution in [2.75, 3.05) is 6.54 Å². The number of hydrogen-bond donors (Lipinski definition) is 2. The van der Waals surface area contributed by atoms with Crippen molar-refractivity contribution >= 4 is 11.7 Å². The lowest BCUT2D eigenvalue weighted by Gasteiger charge is -2.35. The van der Waals surface area contributed by atoms with Crippen LogP contribution >= 0.6 is 0 Å². The number of allylic oxidation sites excluding steroid dienone is 2. The van der Waals surface area contributed by atoms with E-state index in [1.807, 2.05) is 0 Å². The molecule has 0 saturated heterocycles. The molecule has 1 aromatic rings. The van der Waals surface area contributed by atoms with Crippen LogP contribution in [0.2, 0.25) is 0 Å². The fourth-order valence-electron chi connectivity index (χ4n) is 4.36. The van der Waals surface area contributed by atoms with Gasteiger partial charge < -0.3 is 15.8 Å². The molecular formula is C20H21N3O. The van der Waals surface area contributed by atoms with Gasteiger partial charge in [-0.3, -0.25) is 4.99 Å². The Morgan fingerprint density at radius 1 is 1.25 bits per heavy atom. The summed E-state index contributed by atoms with van der Waals surface area (Å²) in [6, 6.07) is 6.57. The largest absolute Gasteiger partial charge is 0.485 e. The Balaban J connectivity index is 1.47. The van der Waals surface area contributed by atoms with Gasteiger partial charge in [-0.1, -0.05) is 36.4 Å². The number of hydrogen-bond acceptors (Lipinski definition) is 4. The summed E-state index contributed by atoms with van der Waals surface area (Å²) in [5.74, 6) is 1.98. The first-order valence-corrected chi connectivity index (χ1v) is 8.65. The molecule has 2 aliphatic heterocycles. The van der Waals surface area contributed by atoms with Gasteiger partial charge in [-0.25, -0.2) is 0 Å². The lowest BCUT2D eigenvalue weighted by molar-refractivity contribution is 0.212. The second-order valence-electron chi connectivity index (χ2n) is 7.19. The SMILES string of the molecule is NC1=NCC2(CCc3c(cccc3C3=CC4C=CC=CC4O3)C2)N1. The minimum absolute atomic E-state index is 0.0140. The molecule has 1 aromatic carbocycles. The Hall–Kier alpha value is -2.49. The molecule has 0 bridgehead atoms. The predicted molar refractivity (Wildman–Crippen MR) is 95.4 cm³/mol. The zero-order valence-corrected chi connectivity index (χ0v) is 13.5. The molecule has 4 nitrogen and oxygen atoms in total. The topological polar surface area (TPSA) is 59.6 Å². The Morgan fingerprint density at radius 2 is 2.17 bits per heavy atom. The van der Waals surface area contributed by atoms with E-state index in [0.717, 1.165) is 31.6 Å². The highest BCUT2D eigenvalue weighted by Crippen LogP contribution is 2.39. The van der Waals surface area contributed by atoms with Crippen LogP contribution in [0.15, 0.2) is 53.6 Å². The molecule has 5 rings (SSSR count). The van der Waals surface area contributed by atoms with Crippen LogP contribution in [-0.2, 0) is 17.6 Å². The molecule has 122 valence electrons. The second kappa shape index (κ2) is 5.00. The van der Waals surface area contributed by atoms with Crippen molar-refractivity contribution in [1.82, 2.24) is 5.32 Å². The number of nitrogens with two attached hydrogens (primary N) is 1. The molecular weight excluding hydrogens is 298 g/mol. The number of nitrogens with one attached hydrogen (secondary N) is 1. The lowest BCUT2D eigenvalue weighted by atomic mass is 9.76. The van der Waals surface area contributed by atoms with Gasteiger partial charge in [0.1, 0.15) is 11.9 Å². The molecule has 2 aliphatic carbocycles. The van der Waals surface area contributed by atoms with Gasteiger partial charge in [0, 0.05) is 11.5 Å². The van der Waals surface area contributed by atoms with Crippen molar-refractivity contribution in [1.29, 1.82) is 0 Å². The predicted octanol–water partition coefficient (Wildman–Crippen LogP) is 2.31. The summed E-state index contributed by atoms with van der Waals surface area (Å²) in [6.07, 6.45) is 14.0. The standard InChI is InChI=1S/C20H21N3O/c21-19-22-12-20(23-19)9-8-15-14(11-20)5-3-6-16(15)18-10-13-4-1-2-7-17(13)24-18/h1-7,10,13,17H,8-9,11-12H2,(H3,21,22,23). The van der Waals surface area contributed by atoms with Gasteiger partial charge in [0.05, 0.1) is 12.1 Å². The summed E-state index contributed by atoms with van der Waals surface area (Å²) < 4.78 is 6.22. The monoisotopic (exact) mass is 319 g/mol. The highest BCUT2D eigenvalue weighted by Gasteiger charge is 2.39. The molecule has 24 heavy (non-hydrogen) atoms. The van der Waals surface area contributed by atoms with Gasteiger partial charge in [-0.15, -0.1) is 0 Å². The third-order valence-electron chi connectivity index (χ3n) is 5.60. The van der Waals surface area contributed by atoms with E-state index in [2.05, 4.69) is 58.9 Å². The van der Waals surface area contributed by atoms with Crippen LogP contribution in [0.3, 0.4) is 0 Å². The van der Waals surface area contributed by atoms with Gasteiger partial charge in [0.2, 0.25) is 0 Å². The van der Waals surface area contributed by atoms with Gasteiger partial charge in [-0.05, 0) is 42.5 Å². The van der Waals surface area contributed by atoms with Gasteiger partial charge in [0.15, 0.2) is 5.96 Å². The molecule has 0 aromatic heterocycles. The van der Waals surface area contributed by atoms with E-state index < -0.39 is 0 Å². The molecule has 3 unspecified atom stereocenters. The summed E-state index contributed by atoms with van der Waals surface area (Å²) in [6.45, 7) is 0.779. The van der Waals surface area contributed by atoms with Crippen LogP contribution in [0.4, 0.5) is 0 Å². The van der Waals surface area contributed by atoms with Crippen molar-refractivity contribution in [2.45, 2.75) is 30.9 Å². The van der Waals surface area contributed by atoms with E-state index in [1.165, 1.54) is 16.7 Å². The van der Waals surface area contributed by atoms with E-state index in [9.17, 15) is 0 Å². The summed E-state index contributed by atoms with van der Waals surface area (Å²) in [5.41, 5.74) is 9.94. The van der Waals surface area contributed by atoms with Crippen molar-refractivity contribution in [3.8, 4) is 0 Å². The first kappa shape index (κ1) is 13.9. The third kappa shape index (κ3) is 2.09. The Kier molecular flexibility index (Phi) is 2.90. The fourth-order valence-corrected chi connectivity index (χ4v) is 4.36. The average Bonchev–Trinajstić information content (AvgIpc) is 3.18. The van der Waals surface area contributed by atoms with Crippen LogP contribution in [0.25, 0.3) is 5.76 Å². The first-order chi connectivity index (χ1) is 11.7. The maximum Gasteiger partial charge on any atom is 0.189 e. The average molecular weight is 319 g/mol. The number of fused-ring (bicyclic) bond motifs is 2. The van der Waals surface area contributed by atoms with E-state index in [-0.39, 0.29) is 11.6 Å². The fraction of sp³-hybridized carbons (Fsp3) is 0.350. The first-order valence-electron chi connectivity index (χ1n) is 8.65. The minimum atomic E-state index is 0.0140. The second-order valence-corrected chi connectivity index (χ2v) is 7.19. The van der Waals surface area contributed by atoms with E-state index in [4.69, 9.17) is 10.5 Å². The Morgan fingerprint density at radius 3 is 3.00 bits per heavy atom. The molecule has 4 aliphatic rings. The zero-order chi connectivity index (χ0) is 16.1. The molecule has 1 spiro atoms. The number of rotatable bonds is 1. The maximum absolute atomic E-state index is 6.22. The van der Waals surface area contributed by atoms with E-state index >= 15 is 0 Å². The molecule has 4 heteroatoms. The summed E-state index contributed by atoms with van der Waals surface area (Å²) in [7, 11) is 0. The van der Waals surface area contributed by atoms with E-state index in [1.54, 1.807) is 0 Å². The lowest BCUT2D eigenvalue weighted by Crippen LogP contribution is -2.51. The number of guanidine groups is 1. The maximum atomic E-state index is 6.22. The van der Waals surface area contributed by atoms with E-state index in [0.29, 0.717) is 11.9 Å². The summed E-state index contributed by atoms with van der Waals surface area (Å²) in [5, 5.41) is 3.40. The zero-order valence-electron chi connectivity index (χ0n) is 13.5. The highest BCUT2D eigenvalue weighted by molar-refractivity contribution is 5.81. The normalized spacial score (nSPS) is 32.7. The van der Waals surface area contributed by atoms with Gasteiger partial charge >= 0.3 is 0 Å². The van der Waals surface area contributed by atoms with Gasteiger partial charge in [0.25, 0.3) is 0 Å². The van der Waals surface area contributed by atoms with Gasteiger partial charge in [-0.2, -0.15) is 0 Å². The quantitative estimate of drug-likeness (QED) is 0.835. The molecule has 0 amide bonds. The number of benzene rings is 1. The smallest absolute Gasteiger partial charge is 0.189 e. The highest BCUT2D eigenvalue weighted by atomic mass is 16.5. The van der Waals surface area contributed by atoms with Crippen LogP contribution in [0.1, 0.15) is 23.1 Å². The van der Waals surface area contributed by atoms with Crippen molar-refractivity contribution in [2.24, 2.45) is 16.6 Å². The molecule has 3 N–H and O–H groups in total. The number of aliphatic imine (C=N–C) groups is 1. The summed E-state index contributed by atoms with van der Waals surface area (Å²) in [4.78, 5) is 4.37. The molecule has 0 radical (unpaired) electrons. The number of nitrogens with zero attached hydrogens (tertiary/aromatic N) is 1. The molecule has 2 heterocycles. The van der Waals surface area contributed by atoms with Crippen molar-refractivity contribution in [3.05, 3.63) is 65.3 Å². The molecule has 0 fully saturated rings. The van der Waals surface area contributed by atoms with Crippen LogP contribution < -0.4 is 11.1 Å². The number of ether oxygens (including phenoxy) is 1. The summed E-state index contributed by atoms with van der Waals surface area (Å²) >= 11 is 0. The van der Waals surface area contributed by atoms with Crippen LogP contribution in [0, 0.1) is 5.92 Å². The minimum Gasteiger partial charge on any atom is -0.485 e. The third-order valence-corrected chi connectivity index (χ3v) is 5.60. The Labute approximate surface area is 141 Å². The van der Waals surface area contributed by atoms with Crippen molar-refractivity contribution in [3.63, 3.8) is 0 Å². The molecule has 0 saturated carbocycles. The Bertz CT molecular complexity index is 820.